The fraction of sp³-hybridized carbons (Fsp3) is 0.357. The van der Waals surface area contributed by atoms with Crippen LogP contribution in [0.15, 0.2) is 31.4 Å². The predicted molar refractivity (Wildman–Crippen MR) is 97.6 cm³/mol. The fourth-order valence-corrected chi connectivity index (χ4v) is 4.70. The molecule has 0 aliphatic rings. The van der Waals surface area contributed by atoms with E-state index in [9.17, 15) is 9.18 Å². The number of thioether (sulfide) groups is 2. The topological polar surface area (TPSA) is 54.9 Å². The number of nitrogens with zero attached hydrogens (tertiary/aromatic N) is 2. The van der Waals surface area contributed by atoms with Gasteiger partial charge >= 0.3 is 0 Å². The third-order valence-electron chi connectivity index (χ3n) is 2.65. The molecule has 1 aromatic heterocycles. The molecule has 0 bridgehead atoms. The van der Waals surface area contributed by atoms with Gasteiger partial charge in [-0.2, -0.15) is 0 Å². The summed E-state index contributed by atoms with van der Waals surface area (Å²) in [7, 11) is 0. The number of carbonyl (C=O) groups is 1. The molecule has 0 aliphatic heterocycles. The Morgan fingerprint density at radius 2 is 2.09 bits per heavy atom. The average molecular weight is 436 g/mol. The number of nitrogens with one attached hydrogen (secondary N) is 1. The van der Waals surface area contributed by atoms with Gasteiger partial charge in [0.15, 0.2) is 8.68 Å². The summed E-state index contributed by atoms with van der Waals surface area (Å²) < 4.78 is 16.0. The van der Waals surface area contributed by atoms with E-state index in [2.05, 4.69) is 31.4 Å². The lowest BCUT2D eigenvalue weighted by Gasteiger charge is -2.01. The third-order valence-corrected chi connectivity index (χ3v) is 6.39. The van der Waals surface area contributed by atoms with Crippen molar-refractivity contribution in [1.29, 1.82) is 0 Å². The SMILES string of the molecule is CCCNC(=O)CSc1nnc(SCc2ccc(Br)cc2F)s1. The number of halogens is 2. The minimum atomic E-state index is -0.237. The number of hydrogen-bond donors (Lipinski definition) is 1. The molecule has 0 spiro atoms. The number of benzene rings is 1. The Labute approximate surface area is 155 Å². The van der Waals surface area contributed by atoms with Gasteiger partial charge in [0.05, 0.1) is 5.75 Å². The number of hydrogen-bond acceptors (Lipinski definition) is 6. The van der Waals surface area contributed by atoms with Crippen LogP contribution in [0.25, 0.3) is 0 Å². The van der Waals surface area contributed by atoms with Crippen LogP contribution in [0, 0.1) is 5.82 Å². The van der Waals surface area contributed by atoms with Crippen molar-refractivity contribution in [2.24, 2.45) is 0 Å². The van der Waals surface area contributed by atoms with Gasteiger partial charge in [0.25, 0.3) is 0 Å². The standard InChI is InChI=1S/C14H15BrFN3OS3/c1-2-5-17-12(20)8-22-14-19-18-13(23-14)21-7-9-3-4-10(15)6-11(9)16/h3-4,6H,2,5,7-8H2,1H3,(H,17,20). The molecule has 2 aromatic rings. The predicted octanol–water partition coefficient (Wildman–Crippen LogP) is 4.35. The maximum atomic E-state index is 13.7. The molecule has 1 aromatic carbocycles. The lowest BCUT2D eigenvalue weighted by atomic mass is 10.2. The lowest BCUT2D eigenvalue weighted by Crippen LogP contribution is -2.25. The first-order valence-corrected chi connectivity index (χ1v) is 10.5. The van der Waals surface area contributed by atoms with Gasteiger partial charge in [-0.15, -0.1) is 10.2 Å². The van der Waals surface area contributed by atoms with Crippen LogP contribution in [0.1, 0.15) is 18.9 Å². The molecule has 1 N–H and O–H groups in total. The summed E-state index contributed by atoms with van der Waals surface area (Å²) in [6.45, 7) is 2.70. The monoisotopic (exact) mass is 435 g/mol. The molecule has 2 rings (SSSR count). The first-order valence-electron chi connectivity index (χ1n) is 6.88. The zero-order valence-corrected chi connectivity index (χ0v) is 16.4. The first-order chi connectivity index (χ1) is 11.1. The van der Waals surface area contributed by atoms with Crippen LogP contribution >= 0.6 is 50.8 Å². The van der Waals surface area contributed by atoms with Gasteiger partial charge in [-0.05, 0) is 24.1 Å². The number of amides is 1. The maximum absolute atomic E-state index is 13.7. The Morgan fingerprint density at radius 3 is 2.78 bits per heavy atom. The van der Waals surface area contributed by atoms with Gasteiger partial charge in [0, 0.05) is 16.8 Å². The van der Waals surface area contributed by atoms with E-state index in [0.29, 0.717) is 23.6 Å². The fourth-order valence-electron chi connectivity index (χ4n) is 1.53. The van der Waals surface area contributed by atoms with Crippen molar-refractivity contribution in [2.45, 2.75) is 27.8 Å². The molecule has 0 saturated heterocycles. The Balaban J connectivity index is 1.81. The van der Waals surface area contributed by atoms with Crippen molar-refractivity contribution in [1.82, 2.24) is 15.5 Å². The number of rotatable bonds is 8. The van der Waals surface area contributed by atoms with Gasteiger partial charge in [-0.1, -0.05) is 63.8 Å². The van der Waals surface area contributed by atoms with E-state index in [4.69, 9.17) is 0 Å². The Kier molecular flexibility index (Phi) is 7.81. The second kappa shape index (κ2) is 9.61. The molecular formula is C14H15BrFN3OS3. The third kappa shape index (κ3) is 6.40. The summed E-state index contributed by atoms with van der Waals surface area (Å²) >= 11 is 7.46. The van der Waals surface area contributed by atoms with Crippen molar-refractivity contribution in [2.75, 3.05) is 12.3 Å². The number of aromatic nitrogens is 2. The van der Waals surface area contributed by atoms with Gasteiger partial charge in [0.1, 0.15) is 5.82 Å². The molecule has 124 valence electrons. The van der Waals surface area contributed by atoms with E-state index in [-0.39, 0.29) is 11.7 Å². The van der Waals surface area contributed by atoms with Gasteiger partial charge in [-0.25, -0.2) is 4.39 Å². The minimum Gasteiger partial charge on any atom is -0.355 e. The summed E-state index contributed by atoms with van der Waals surface area (Å²) in [5, 5.41) is 10.9. The van der Waals surface area contributed by atoms with Crippen LogP contribution in [0.4, 0.5) is 4.39 Å². The average Bonchev–Trinajstić information content (AvgIpc) is 2.98. The molecule has 0 saturated carbocycles. The molecule has 0 fully saturated rings. The molecule has 0 radical (unpaired) electrons. The van der Waals surface area contributed by atoms with Crippen LogP contribution < -0.4 is 5.32 Å². The van der Waals surface area contributed by atoms with E-state index in [0.717, 1.165) is 19.6 Å². The molecular weight excluding hydrogens is 421 g/mol. The summed E-state index contributed by atoms with van der Waals surface area (Å²) in [4.78, 5) is 11.5. The quantitative estimate of drug-likeness (QED) is 0.624. The van der Waals surface area contributed by atoms with Crippen LogP contribution in [-0.2, 0) is 10.5 Å². The van der Waals surface area contributed by atoms with Crippen molar-refractivity contribution in [3.63, 3.8) is 0 Å². The van der Waals surface area contributed by atoms with E-state index in [1.54, 1.807) is 6.07 Å². The van der Waals surface area contributed by atoms with E-state index >= 15 is 0 Å². The normalized spacial score (nSPS) is 10.7. The summed E-state index contributed by atoms with van der Waals surface area (Å²) in [6, 6.07) is 5.02. The molecule has 4 nitrogen and oxygen atoms in total. The molecule has 0 unspecified atom stereocenters. The van der Waals surface area contributed by atoms with Crippen molar-refractivity contribution >= 4 is 56.7 Å². The molecule has 0 atom stereocenters. The smallest absolute Gasteiger partial charge is 0.230 e. The molecule has 9 heteroatoms. The number of carbonyl (C=O) groups excluding carboxylic acids is 1. The van der Waals surface area contributed by atoms with Crippen molar-refractivity contribution in [3.8, 4) is 0 Å². The summed E-state index contributed by atoms with van der Waals surface area (Å²) in [5.41, 5.74) is 0.626. The summed E-state index contributed by atoms with van der Waals surface area (Å²) in [6.07, 6.45) is 0.919. The van der Waals surface area contributed by atoms with Gasteiger partial charge < -0.3 is 5.32 Å². The molecule has 23 heavy (non-hydrogen) atoms. The second-order valence-electron chi connectivity index (χ2n) is 4.50. The minimum absolute atomic E-state index is 0.00168. The van der Waals surface area contributed by atoms with Crippen molar-refractivity contribution < 1.29 is 9.18 Å². The van der Waals surface area contributed by atoms with Crippen LogP contribution in [0.5, 0.6) is 0 Å². The first kappa shape index (κ1) is 18.7. The van der Waals surface area contributed by atoms with E-state index in [1.807, 2.05) is 13.0 Å². The molecule has 1 heterocycles. The largest absolute Gasteiger partial charge is 0.355 e. The molecule has 0 aliphatic carbocycles. The Bertz CT molecular complexity index is 668. The highest BCUT2D eigenvalue weighted by Gasteiger charge is 2.10. The highest BCUT2D eigenvalue weighted by Crippen LogP contribution is 2.31. The highest BCUT2D eigenvalue weighted by atomic mass is 79.9. The molecule has 1 amide bonds. The zero-order valence-electron chi connectivity index (χ0n) is 12.3. The van der Waals surface area contributed by atoms with Gasteiger partial charge in [-0.3, -0.25) is 4.79 Å². The Morgan fingerprint density at radius 1 is 1.35 bits per heavy atom. The Hall–Kier alpha value is -0.640. The van der Waals surface area contributed by atoms with Crippen LogP contribution in [0.3, 0.4) is 0 Å². The van der Waals surface area contributed by atoms with Crippen LogP contribution in [-0.4, -0.2) is 28.4 Å². The summed E-state index contributed by atoms with van der Waals surface area (Å²) in [5.74, 6) is 0.590. The maximum Gasteiger partial charge on any atom is 0.230 e. The highest BCUT2D eigenvalue weighted by molar-refractivity contribution is 9.10. The van der Waals surface area contributed by atoms with Crippen molar-refractivity contribution in [3.05, 3.63) is 34.1 Å². The van der Waals surface area contributed by atoms with E-state index < -0.39 is 0 Å². The lowest BCUT2D eigenvalue weighted by molar-refractivity contribution is -0.118. The second-order valence-corrected chi connectivity index (χ2v) is 8.84. The van der Waals surface area contributed by atoms with E-state index in [1.165, 1.54) is 40.9 Å². The zero-order chi connectivity index (χ0) is 16.7. The van der Waals surface area contributed by atoms with Crippen LogP contribution in [0.2, 0.25) is 0 Å². The van der Waals surface area contributed by atoms with Gasteiger partial charge in [0.2, 0.25) is 5.91 Å².